The molecule has 0 unspecified atom stereocenters. The highest BCUT2D eigenvalue weighted by molar-refractivity contribution is 5.74. The number of aromatic nitrogens is 3. The highest BCUT2D eigenvalue weighted by atomic mass is 19.4. The number of halogens is 3. The Morgan fingerprint density at radius 3 is 2.33 bits per heavy atom. The Morgan fingerprint density at radius 1 is 0.900 bits per heavy atom. The van der Waals surface area contributed by atoms with Gasteiger partial charge in [0.25, 0.3) is 5.89 Å². The van der Waals surface area contributed by atoms with Crippen LogP contribution in [0.2, 0.25) is 0 Å². The van der Waals surface area contributed by atoms with Crippen molar-refractivity contribution in [3.8, 4) is 39.7 Å². The van der Waals surface area contributed by atoms with E-state index >= 15 is 0 Å². The molecular formula is C21H16F3N3O3. The second-order valence-electron chi connectivity index (χ2n) is 6.70. The van der Waals surface area contributed by atoms with Crippen LogP contribution in [0.25, 0.3) is 34.0 Å². The van der Waals surface area contributed by atoms with Crippen molar-refractivity contribution >= 4 is 0 Å². The van der Waals surface area contributed by atoms with Crippen molar-refractivity contribution in [1.82, 2.24) is 15.3 Å². The van der Waals surface area contributed by atoms with Crippen molar-refractivity contribution in [3.05, 3.63) is 59.5 Å². The minimum atomic E-state index is -4.83. The molecule has 0 aliphatic rings. The van der Waals surface area contributed by atoms with Gasteiger partial charge in [0.1, 0.15) is 11.5 Å². The molecule has 9 heteroatoms. The van der Waals surface area contributed by atoms with Crippen LogP contribution in [-0.4, -0.2) is 21.7 Å². The van der Waals surface area contributed by atoms with Gasteiger partial charge in [0, 0.05) is 11.1 Å². The van der Waals surface area contributed by atoms with E-state index in [0.29, 0.717) is 11.3 Å². The number of aryl methyl sites for hydroxylation is 3. The second-order valence-corrected chi connectivity index (χ2v) is 6.70. The van der Waals surface area contributed by atoms with Crippen LogP contribution < -0.4 is 4.74 Å². The summed E-state index contributed by atoms with van der Waals surface area (Å²) in [5.41, 5.74) is 4.30. The summed E-state index contributed by atoms with van der Waals surface area (Å²) in [5, 5.41) is 7.80. The van der Waals surface area contributed by atoms with E-state index in [1.54, 1.807) is 12.1 Å². The number of hydrogen-bond donors (Lipinski definition) is 0. The topological polar surface area (TPSA) is 74.2 Å². The zero-order chi connectivity index (χ0) is 21.5. The monoisotopic (exact) mass is 415 g/mol. The van der Waals surface area contributed by atoms with Crippen molar-refractivity contribution in [2.75, 3.05) is 0 Å². The summed E-state index contributed by atoms with van der Waals surface area (Å²) < 4.78 is 52.6. The summed E-state index contributed by atoms with van der Waals surface area (Å²) in [4.78, 5) is 4.25. The molecule has 6 nitrogen and oxygen atoms in total. The van der Waals surface area contributed by atoms with E-state index in [-0.39, 0.29) is 17.3 Å². The summed E-state index contributed by atoms with van der Waals surface area (Å²) >= 11 is 0. The molecule has 30 heavy (non-hydrogen) atoms. The summed E-state index contributed by atoms with van der Waals surface area (Å²) in [6, 6.07) is 11.2. The molecule has 0 bridgehead atoms. The summed E-state index contributed by atoms with van der Waals surface area (Å²) in [6.45, 7) is 5.63. The molecule has 0 radical (unpaired) electrons. The molecule has 0 saturated heterocycles. The first-order valence-corrected chi connectivity index (χ1v) is 8.96. The SMILES string of the molecule is Cc1cc(-c2nc(-c3ccccc3OC(F)(F)F)no2)ccc1-c1c(C)noc1C. The molecular weight excluding hydrogens is 399 g/mol. The zero-order valence-electron chi connectivity index (χ0n) is 16.2. The lowest BCUT2D eigenvalue weighted by Crippen LogP contribution is -2.17. The maximum Gasteiger partial charge on any atom is 0.573 e. The number of para-hydroxylation sites is 1. The summed E-state index contributed by atoms with van der Waals surface area (Å²) in [6.07, 6.45) is -4.83. The number of nitrogens with zero attached hydrogens (tertiary/aromatic N) is 3. The lowest BCUT2D eigenvalue weighted by molar-refractivity contribution is -0.274. The van der Waals surface area contributed by atoms with Gasteiger partial charge in [0.05, 0.1) is 11.3 Å². The largest absolute Gasteiger partial charge is 0.573 e. The van der Waals surface area contributed by atoms with E-state index in [1.165, 1.54) is 18.2 Å². The van der Waals surface area contributed by atoms with Crippen LogP contribution in [-0.2, 0) is 0 Å². The van der Waals surface area contributed by atoms with E-state index < -0.39 is 12.1 Å². The van der Waals surface area contributed by atoms with Crippen molar-refractivity contribution in [2.45, 2.75) is 27.1 Å². The van der Waals surface area contributed by atoms with Gasteiger partial charge in [-0.2, -0.15) is 4.98 Å². The number of rotatable bonds is 4. The summed E-state index contributed by atoms with van der Waals surface area (Å²) in [5.74, 6) is 0.490. The van der Waals surface area contributed by atoms with E-state index in [2.05, 4.69) is 20.0 Å². The molecule has 2 aromatic carbocycles. The van der Waals surface area contributed by atoms with Crippen molar-refractivity contribution in [3.63, 3.8) is 0 Å². The molecule has 2 aromatic heterocycles. The standard InChI is InChI=1S/C21H16F3N3O3/c1-11-10-14(8-9-15(11)18-12(2)26-29-13(18)3)20-25-19(27-30-20)16-6-4-5-7-17(16)28-21(22,23)24/h4-10H,1-3H3. The molecule has 0 amide bonds. The van der Waals surface area contributed by atoms with Crippen LogP contribution in [0.5, 0.6) is 5.75 Å². The molecule has 0 aliphatic carbocycles. The Labute approximate surface area is 169 Å². The molecule has 0 atom stereocenters. The van der Waals surface area contributed by atoms with Crippen LogP contribution in [0.4, 0.5) is 13.2 Å². The van der Waals surface area contributed by atoms with Crippen LogP contribution >= 0.6 is 0 Å². The molecule has 0 N–H and O–H groups in total. The third-order valence-corrected chi connectivity index (χ3v) is 4.56. The lowest BCUT2D eigenvalue weighted by Gasteiger charge is -2.10. The quantitative estimate of drug-likeness (QED) is 0.414. The van der Waals surface area contributed by atoms with Gasteiger partial charge in [-0.15, -0.1) is 13.2 Å². The maximum absolute atomic E-state index is 12.7. The molecule has 4 aromatic rings. The van der Waals surface area contributed by atoms with Crippen molar-refractivity contribution in [1.29, 1.82) is 0 Å². The number of benzene rings is 2. The Morgan fingerprint density at radius 2 is 1.67 bits per heavy atom. The molecule has 0 saturated carbocycles. The van der Waals surface area contributed by atoms with Gasteiger partial charge >= 0.3 is 6.36 Å². The first-order chi connectivity index (χ1) is 14.2. The third-order valence-electron chi connectivity index (χ3n) is 4.56. The molecule has 0 fully saturated rings. The fourth-order valence-electron chi connectivity index (χ4n) is 3.26. The first-order valence-electron chi connectivity index (χ1n) is 8.96. The fourth-order valence-corrected chi connectivity index (χ4v) is 3.26. The van der Waals surface area contributed by atoms with Gasteiger partial charge in [-0.3, -0.25) is 0 Å². The average Bonchev–Trinajstić information content (AvgIpc) is 3.28. The number of ether oxygens (including phenoxy) is 1. The van der Waals surface area contributed by atoms with Gasteiger partial charge in [-0.05, 0) is 56.2 Å². The van der Waals surface area contributed by atoms with Crippen molar-refractivity contribution < 1.29 is 27.0 Å². The predicted molar refractivity (Wildman–Crippen MR) is 102 cm³/mol. The van der Waals surface area contributed by atoms with Crippen LogP contribution in [0.1, 0.15) is 17.0 Å². The molecule has 2 heterocycles. The van der Waals surface area contributed by atoms with Crippen LogP contribution in [0.3, 0.4) is 0 Å². The van der Waals surface area contributed by atoms with E-state index in [0.717, 1.165) is 22.4 Å². The van der Waals surface area contributed by atoms with Crippen LogP contribution in [0, 0.1) is 20.8 Å². The van der Waals surface area contributed by atoms with E-state index in [9.17, 15) is 13.2 Å². The van der Waals surface area contributed by atoms with Crippen molar-refractivity contribution in [2.24, 2.45) is 0 Å². The predicted octanol–water partition coefficient (Wildman–Crippen LogP) is 5.88. The number of hydrogen-bond acceptors (Lipinski definition) is 6. The Bertz CT molecular complexity index is 1190. The van der Waals surface area contributed by atoms with E-state index in [1.807, 2.05) is 32.9 Å². The van der Waals surface area contributed by atoms with Gasteiger partial charge in [-0.1, -0.05) is 28.5 Å². The maximum atomic E-state index is 12.7. The molecule has 0 spiro atoms. The Hall–Kier alpha value is -3.62. The molecule has 4 rings (SSSR count). The molecule has 0 aliphatic heterocycles. The highest BCUT2D eigenvalue weighted by Crippen LogP contribution is 2.35. The Balaban J connectivity index is 1.68. The van der Waals surface area contributed by atoms with E-state index in [4.69, 9.17) is 9.05 Å². The summed E-state index contributed by atoms with van der Waals surface area (Å²) in [7, 11) is 0. The Kier molecular flexibility index (Phi) is 4.81. The minimum absolute atomic E-state index is 0.00250. The second kappa shape index (κ2) is 7.33. The normalized spacial score (nSPS) is 11.7. The van der Waals surface area contributed by atoms with Gasteiger partial charge in [0.15, 0.2) is 0 Å². The number of alkyl halides is 3. The lowest BCUT2D eigenvalue weighted by atomic mass is 9.97. The third kappa shape index (κ3) is 3.78. The zero-order valence-corrected chi connectivity index (χ0v) is 16.2. The van der Waals surface area contributed by atoms with Gasteiger partial charge in [-0.25, -0.2) is 0 Å². The fraction of sp³-hybridized carbons (Fsp3) is 0.190. The van der Waals surface area contributed by atoms with Gasteiger partial charge in [0.2, 0.25) is 5.82 Å². The van der Waals surface area contributed by atoms with Crippen LogP contribution in [0.15, 0.2) is 51.5 Å². The van der Waals surface area contributed by atoms with Gasteiger partial charge < -0.3 is 13.8 Å². The minimum Gasteiger partial charge on any atom is -0.405 e. The smallest absolute Gasteiger partial charge is 0.405 e. The highest BCUT2D eigenvalue weighted by Gasteiger charge is 2.32. The molecule has 154 valence electrons. The average molecular weight is 415 g/mol. The first kappa shape index (κ1) is 19.7.